The number of aliphatic hydroxyl groups excluding tert-OH is 1. The Hall–Kier alpha value is -2.55. The lowest BCUT2D eigenvalue weighted by Gasteiger charge is -2.16. The summed E-state index contributed by atoms with van der Waals surface area (Å²) in [6, 6.07) is 4.40. The van der Waals surface area contributed by atoms with Gasteiger partial charge >= 0.3 is 6.18 Å². The number of ether oxygens (including phenoxy) is 1. The monoisotopic (exact) mass is 344 g/mol. The smallest absolute Gasteiger partial charge is 0.422 e. The standard InChI is InChI=1S/C15H15F3N2O4/c1-9-2-3-12(24-8-15(16,17)18)10(6-9)19-11-7-13(22)20(4-5-21)14(11)23/h2-3,6-7,19,21H,4-5,8H2,1H3. The molecular formula is C15H15F3N2O4. The third-order valence-electron chi connectivity index (χ3n) is 3.13. The number of β-amino-alcohol motifs (C(OH)–C–C–N with tert-alkyl or cyclic N) is 1. The van der Waals surface area contributed by atoms with Crippen LogP contribution in [0.1, 0.15) is 5.56 Å². The van der Waals surface area contributed by atoms with Crippen molar-refractivity contribution in [3.8, 4) is 5.75 Å². The fourth-order valence-electron chi connectivity index (χ4n) is 2.08. The zero-order valence-corrected chi connectivity index (χ0v) is 12.7. The summed E-state index contributed by atoms with van der Waals surface area (Å²) in [6.45, 7) is -0.312. The van der Waals surface area contributed by atoms with Gasteiger partial charge in [-0.15, -0.1) is 0 Å². The summed E-state index contributed by atoms with van der Waals surface area (Å²) in [7, 11) is 0. The highest BCUT2D eigenvalue weighted by Crippen LogP contribution is 2.30. The maximum atomic E-state index is 12.3. The molecule has 0 fully saturated rings. The van der Waals surface area contributed by atoms with Crippen molar-refractivity contribution >= 4 is 17.5 Å². The molecule has 0 saturated carbocycles. The molecule has 130 valence electrons. The molecule has 0 bridgehead atoms. The van der Waals surface area contributed by atoms with E-state index in [0.717, 1.165) is 16.5 Å². The number of nitrogens with zero attached hydrogens (tertiary/aromatic N) is 1. The van der Waals surface area contributed by atoms with Crippen molar-refractivity contribution in [3.63, 3.8) is 0 Å². The number of benzene rings is 1. The molecule has 9 heteroatoms. The number of anilines is 1. The number of alkyl halides is 3. The van der Waals surface area contributed by atoms with Crippen molar-refractivity contribution in [2.75, 3.05) is 25.1 Å². The molecular weight excluding hydrogens is 329 g/mol. The lowest BCUT2D eigenvalue weighted by molar-refractivity contribution is -0.153. The fraction of sp³-hybridized carbons (Fsp3) is 0.333. The zero-order chi connectivity index (χ0) is 17.9. The molecule has 1 aliphatic heterocycles. The normalized spacial score (nSPS) is 14.9. The number of carbonyl (C=O) groups is 2. The summed E-state index contributed by atoms with van der Waals surface area (Å²) in [6.07, 6.45) is -3.48. The first-order chi connectivity index (χ1) is 11.2. The fourth-order valence-corrected chi connectivity index (χ4v) is 2.08. The molecule has 0 aromatic heterocycles. The van der Waals surface area contributed by atoms with Gasteiger partial charge in [-0.3, -0.25) is 14.5 Å². The van der Waals surface area contributed by atoms with E-state index >= 15 is 0 Å². The minimum Gasteiger partial charge on any atom is -0.482 e. The molecule has 0 radical (unpaired) electrons. The number of imide groups is 1. The van der Waals surface area contributed by atoms with E-state index in [1.807, 2.05) is 0 Å². The predicted molar refractivity (Wildman–Crippen MR) is 78.2 cm³/mol. The first kappa shape index (κ1) is 17.8. The maximum Gasteiger partial charge on any atom is 0.422 e. The highest BCUT2D eigenvalue weighted by atomic mass is 19.4. The Morgan fingerprint density at radius 1 is 1.29 bits per heavy atom. The van der Waals surface area contributed by atoms with Crippen LogP contribution < -0.4 is 10.1 Å². The van der Waals surface area contributed by atoms with Gasteiger partial charge in [0.1, 0.15) is 11.4 Å². The van der Waals surface area contributed by atoms with Crippen molar-refractivity contribution in [3.05, 3.63) is 35.5 Å². The van der Waals surface area contributed by atoms with Gasteiger partial charge in [-0.2, -0.15) is 13.2 Å². The molecule has 0 atom stereocenters. The van der Waals surface area contributed by atoms with Crippen LogP contribution in [0.3, 0.4) is 0 Å². The van der Waals surface area contributed by atoms with E-state index in [4.69, 9.17) is 9.84 Å². The SMILES string of the molecule is Cc1ccc(OCC(F)(F)F)c(NC2=CC(=O)N(CCO)C2=O)c1. The van der Waals surface area contributed by atoms with E-state index in [-0.39, 0.29) is 30.3 Å². The number of nitrogens with one attached hydrogen (secondary N) is 1. The number of hydrogen-bond donors (Lipinski definition) is 2. The Bertz CT molecular complexity index is 686. The zero-order valence-electron chi connectivity index (χ0n) is 12.7. The Labute approximate surface area is 135 Å². The summed E-state index contributed by atoms with van der Waals surface area (Å²) >= 11 is 0. The number of carbonyl (C=O) groups excluding carboxylic acids is 2. The second-order valence-corrected chi connectivity index (χ2v) is 5.11. The molecule has 0 unspecified atom stereocenters. The van der Waals surface area contributed by atoms with Gasteiger partial charge in [0.2, 0.25) is 0 Å². The first-order valence-corrected chi connectivity index (χ1v) is 6.97. The van der Waals surface area contributed by atoms with E-state index in [1.165, 1.54) is 12.1 Å². The summed E-state index contributed by atoms with van der Waals surface area (Å²) < 4.78 is 41.7. The second kappa shape index (κ2) is 6.91. The molecule has 2 N–H and O–H groups in total. The van der Waals surface area contributed by atoms with Crippen LogP contribution in [-0.2, 0) is 9.59 Å². The Kier molecular flexibility index (Phi) is 5.13. The van der Waals surface area contributed by atoms with Crippen LogP contribution in [0.2, 0.25) is 0 Å². The van der Waals surface area contributed by atoms with Crippen molar-refractivity contribution in [1.82, 2.24) is 4.90 Å². The van der Waals surface area contributed by atoms with E-state index < -0.39 is 24.6 Å². The number of aryl methyl sites for hydroxylation is 1. The number of amides is 2. The molecule has 1 heterocycles. The second-order valence-electron chi connectivity index (χ2n) is 5.11. The summed E-state index contributed by atoms with van der Waals surface area (Å²) in [4.78, 5) is 24.6. The molecule has 1 aliphatic rings. The molecule has 1 aromatic rings. The number of halogens is 3. The highest BCUT2D eigenvalue weighted by Gasteiger charge is 2.32. The summed E-state index contributed by atoms with van der Waals surface area (Å²) in [5.74, 6) is -1.38. The molecule has 2 rings (SSSR count). The van der Waals surface area contributed by atoms with E-state index in [0.29, 0.717) is 0 Å². The Morgan fingerprint density at radius 2 is 2.00 bits per heavy atom. The minimum atomic E-state index is -4.50. The molecule has 6 nitrogen and oxygen atoms in total. The van der Waals surface area contributed by atoms with Crippen LogP contribution in [0.25, 0.3) is 0 Å². The van der Waals surface area contributed by atoms with Crippen molar-refractivity contribution in [1.29, 1.82) is 0 Å². The van der Waals surface area contributed by atoms with E-state index in [2.05, 4.69) is 5.32 Å². The molecule has 24 heavy (non-hydrogen) atoms. The van der Waals surface area contributed by atoms with Gasteiger partial charge in [0.15, 0.2) is 6.61 Å². The summed E-state index contributed by atoms with van der Waals surface area (Å²) in [5.41, 5.74) is 0.759. The molecule has 0 spiro atoms. The average molecular weight is 344 g/mol. The highest BCUT2D eigenvalue weighted by molar-refractivity contribution is 6.17. The first-order valence-electron chi connectivity index (χ1n) is 6.97. The lowest BCUT2D eigenvalue weighted by atomic mass is 10.2. The van der Waals surface area contributed by atoms with Crippen LogP contribution in [0.5, 0.6) is 5.75 Å². The van der Waals surface area contributed by atoms with Gasteiger partial charge in [-0.25, -0.2) is 0 Å². The summed E-state index contributed by atoms with van der Waals surface area (Å²) in [5, 5.41) is 11.5. The van der Waals surface area contributed by atoms with Gasteiger partial charge < -0.3 is 15.2 Å². The minimum absolute atomic E-state index is 0.0975. The third-order valence-corrected chi connectivity index (χ3v) is 3.13. The average Bonchev–Trinajstić information content (AvgIpc) is 2.73. The third kappa shape index (κ3) is 4.25. The maximum absolute atomic E-state index is 12.3. The van der Waals surface area contributed by atoms with Crippen LogP contribution in [0.15, 0.2) is 30.0 Å². The molecule has 1 aromatic carbocycles. The van der Waals surface area contributed by atoms with E-state index in [1.54, 1.807) is 13.0 Å². The predicted octanol–water partition coefficient (Wildman–Crippen LogP) is 1.59. The number of hydrogen-bond acceptors (Lipinski definition) is 5. The van der Waals surface area contributed by atoms with Gasteiger partial charge in [0.25, 0.3) is 11.8 Å². The van der Waals surface area contributed by atoms with Crippen LogP contribution >= 0.6 is 0 Å². The molecule has 2 amide bonds. The van der Waals surface area contributed by atoms with Gasteiger partial charge in [0, 0.05) is 6.08 Å². The van der Waals surface area contributed by atoms with Crippen LogP contribution in [0.4, 0.5) is 18.9 Å². The van der Waals surface area contributed by atoms with Gasteiger partial charge in [0.05, 0.1) is 18.8 Å². The van der Waals surface area contributed by atoms with Crippen molar-refractivity contribution in [2.24, 2.45) is 0 Å². The Balaban J connectivity index is 2.20. The van der Waals surface area contributed by atoms with Gasteiger partial charge in [-0.1, -0.05) is 6.07 Å². The number of aliphatic hydroxyl groups is 1. The van der Waals surface area contributed by atoms with Crippen molar-refractivity contribution < 1.29 is 32.6 Å². The largest absolute Gasteiger partial charge is 0.482 e. The quantitative estimate of drug-likeness (QED) is 0.767. The van der Waals surface area contributed by atoms with Crippen LogP contribution in [-0.4, -0.2) is 47.8 Å². The van der Waals surface area contributed by atoms with Crippen molar-refractivity contribution in [2.45, 2.75) is 13.1 Å². The van der Waals surface area contributed by atoms with Crippen LogP contribution in [0, 0.1) is 6.92 Å². The topological polar surface area (TPSA) is 78.9 Å². The molecule has 0 saturated heterocycles. The van der Waals surface area contributed by atoms with E-state index in [9.17, 15) is 22.8 Å². The molecule has 0 aliphatic carbocycles. The lowest BCUT2D eigenvalue weighted by Crippen LogP contribution is -2.34. The Morgan fingerprint density at radius 3 is 2.62 bits per heavy atom. The van der Waals surface area contributed by atoms with Gasteiger partial charge in [-0.05, 0) is 24.6 Å². The number of rotatable bonds is 6.